The van der Waals surface area contributed by atoms with Gasteiger partial charge in [-0.05, 0) is 50.9 Å². The van der Waals surface area contributed by atoms with Crippen molar-refractivity contribution in [3.8, 4) is 11.4 Å². The fourth-order valence-corrected chi connectivity index (χ4v) is 3.96. The molecule has 1 atom stereocenters. The van der Waals surface area contributed by atoms with Crippen molar-refractivity contribution in [1.29, 1.82) is 0 Å². The lowest BCUT2D eigenvalue weighted by molar-refractivity contribution is -0.121. The van der Waals surface area contributed by atoms with E-state index in [4.69, 9.17) is 9.26 Å². The zero-order valence-electron chi connectivity index (χ0n) is 18.9. The van der Waals surface area contributed by atoms with E-state index >= 15 is 0 Å². The number of aryl methyl sites for hydroxylation is 1. The Kier molecular flexibility index (Phi) is 7.14. The molecule has 1 aliphatic rings. The van der Waals surface area contributed by atoms with Crippen molar-refractivity contribution in [2.45, 2.75) is 33.2 Å². The van der Waals surface area contributed by atoms with Gasteiger partial charge in [0.05, 0.1) is 24.6 Å². The highest BCUT2D eigenvalue weighted by molar-refractivity contribution is 5.96. The third-order valence-corrected chi connectivity index (χ3v) is 5.74. The van der Waals surface area contributed by atoms with Crippen molar-refractivity contribution in [2.75, 3.05) is 25.0 Å². The first-order valence-corrected chi connectivity index (χ1v) is 11.2. The number of hydrogen-bond donors (Lipinski definition) is 1. The second kappa shape index (κ2) is 10.4. The molecular formula is C25H28N4O4. The van der Waals surface area contributed by atoms with Crippen LogP contribution in [0.15, 0.2) is 53.1 Å². The van der Waals surface area contributed by atoms with Crippen molar-refractivity contribution in [3.63, 3.8) is 0 Å². The number of nitrogens with zero attached hydrogens (tertiary/aromatic N) is 3. The molecule has 0 saturated carbocycles. The van der Waals surface area contributed by atoms with E-state index in [1.54, 1.807) is 19.1 Å². The maximum atomic E-state index is 13.0. The van der Waals surface area contributed by atoms with E-state index in [9.17, 15) is 9.59 Å². The monoisotopic (exact) mass is 448 g/mol. The second-order valence-electron chi connectivity index (χ2n) is 8.19. The van der Waals surface area contributed by atoms with Crippen LogP contribution in [0.1, 0.15) is 41.6 Å². The van der Waals surface area contributed by atoms with E-state index in [1.807, 2.05) is 43.3 Å². The van der Waals surface area contributed by atoms with Crippen LogP contribution in [0, 0.1) is 12.8 Å². The zero-order valence-corrected chi connectivity index (χ0v) is 18.9. The minimum absolute atomic E-state index is 0.0562. The quantitative estimate of drug-likeness (QED) is 0.544. The summed E-state index contributed by atoms with van der Waals surface area (Å²) in [6.07, 6.45) is 1.71. The van der Waals surface area contributed by atoms with Gasteiger partial charge in [0.1, 0.15) is 0 Å². The molecule has 8 nitrogen and oxygen atoms in total. The van der Waals surface area contributed by atoms with Crippen molar-refractivity contribution in [1.82, 2.24) is 15.0 Å². The Hall–Kier alpha value is -3.52. The summed E-state index contributed by atoms with van der Waals surface area (Å²) in [5.74, 6) is 0.480. The minimum atomic E-state index is -0.397. The van der Waals surface area contributed by atoms with Crippen LogP contribution in [0.25, 0.3) is 11.4 Å². The van der Waals surface area contributed by atoms with E-state index in [-0.39, 0.29) is 11.8 Å². The summed E-state index contributed by atoms with van der Waals surface area (Å²) >= 11 is 0. The lowest BCUT2D eigenvalue weighted by Gasteiger charge is -2.31. The van der Waals surface area contributed by atoms with E-state index < -0.39 is 5.97 Å². The summed E-state index contributed by atoms with van der Waals surface area (Å²) in [7, 11) is 0. The molecule has 1 unspecified atom stereocenters. The number of amides is 1. The van der Waals surface area contributed by atoms with Crippen LogP contribution in [0.2, 0.25) is 0 Å². The SMILES string of the molecule is CCOC(=O)c1ccc(C)c(NC(=O)C2CCCN(Cc3nc(-c4ccccc4)no3)C2)c1. The summed E-state index contributed by atoms with van der Waals surface area (Å²) in [5, 5.41) is 7.08. The number of esters is 1. The standard InChI is InChI=1S/C25H28N4O4/c1-3-32-25(31)19-12-11-17(2)21(14-19)26-24(30)20-10-7-13-29(15-20)16-22-27-23(28-33-22)18-8-5-4-6-9-18/h4-6,8-9,11-12,14,20H,3,7,10,13,15-16H2,1-2H3,(H,26,30). The molecule has 2 aromatic carbocycles. The largest absolute Gasteiger partial charge is 0.462 e. The van der Waals surface area contributed by atoms with Gasteiger partial charge in [0.2, 0.25) is 17.6 Å². The highest BCUT2D eigenvalue weighted by Gasteiger charge is 2.27. The number of ether oxygens (including phenoxy) is 1. The molecule has 8 heteroatoms. The Balaban J connectivity index is 1.38. The summed E-state index contributed by atoms with van der Waals surface area (Å²) < 4.78 is 10.5. The maximum absolute atomic E-state index is 13.0. The van der Waals surface area contributed by atoms with Crippen LogP contribution in [0.4, 0.5) is 5.69 Å². The summed E-state index contributed by atoms with van der Waals surface area (Å²) in [4.78, 5) is 31.7. The zero-order chi connectivity index (χ0) is 23.2. The molecule has 33 heavy (non-hydrogen) atoms. The first kappa shape index (κ1) is 22.7. The second-order valence-corrected chi connectivity index (χ2v) is 8.19. The van der Waals surface area contributed by atoms with E-state index in [1.165, 1.54) is 0 Å². The van der Waals surface area contributed by atoms with Gasteiger partial charge in [0.15, 0.2) is 0 Å². The predicted molar refractivity (Wildman–Crippen MR) is 124 cm³/mol. The van der Waals surface area contributed by atoms with Crippen molar-refractivity contribution in [2.24, 2.45) is 5.92 Å². The van der Waals surface area contributed by atoms with Crippen LogP contribution in [0.5, 0.6) is 0 Å². The smallest absolute Gasteiger partial charge is 0.338 e. The molecular weight excluding hydrogens is 420 g/mol. The molecule has 172 valence electrons. The average Bonchev–Trinajstić information content (AvgIpc) is 3.30. The molecule has 2 heterocycles. The number of likely N-dealkylation sites (tertiary alicyclic amines) is 1. The number of nitrogens with one attached hydrogen (secondary N) is 1. The topological polar surface area (TPSA) is 97.6 Å². The number of carbonyl (C=O) groups excluding carboxylic acids is 2. The fraction of sp³-hybridized carbons (Fsp3) is 0.360. The van der Waals surface area contributed by atoms with Gasteiger partial charge in [-0.15, -0.1) is 0 Å². The predicted octanol–water partition coefficient (Wildman–Crippen LogP) is 4.07. The molecule has 0 radical (unpaired) electrons. The Morgan fingerprint density at radius 3 is 2.82 bits per heavy atom. The van der Waals surface area contributed by atoms with Crippen LogP contribution in [0.3, 0.4) is 0 Å². The number of carbonyl (C=O) groups is 2. The van der Waals surface area contributed by atoms with Gasteiger partial charge in [-0.1, -0.05) is 41.6 Å². The van der Waals surface area contributed by atoms with Gasteiger partial charge in [0, 0.05) is 17.8 Å². The number of aromatic nitrogens is 2. The molecule has 1 aliphatic heterocycles. The third kappa shape index (κ3) is 5.64. The minimum Gasteiger partial charge on any atom is -0.462 e. The number of anilines is 1. The Labute approximate surface area is 192 Å². The van der Waals surface area contributed by atoms with Crippen LogP contribution in [-0.4, -0.2) is 46.6 Å². The molecule has 0 spiro atoms. The number of piperidine rings is 1. The first-order valence-electron chi connectivity index (χ1n) is 11.2. The molecule has 3 aromatic rings. The Morgan fingerprint density at radius 2 is 2.03 bits per heavy atom. The number of rotatable bonds is 7. The van der Waals surface area contributed by atoms with Crippen molar-refractivity contribution in [3.05, 3.63) is 65.5 Å². The molecule has 1 amide bonds. The van der Waals surface area contributed by atoms with Crippen LogP contribution in [-0.2, 0) is 16.1 Å². The number of hydrogen-bond acceptors (Lipinski definition) is 7. The lowest BCUT2D eigenvalue weighted by atomic mass is 9.96. The summed E-state index contributed by atoms with van der Waals surface area (Å²) in [6.45, 7) is 5.94. The summed E-state index contributed by atoms with van der Waals surface area (Å²) in [5.41, 5.74) is 2.85. The maximum Gasteiger partial charge on any atom is 0.338 e. The molecule has 0 aliphatic carbocycles. The van der Waals surface area contributed by atoms with Gasteiger partial charge in [-0.25, -0.2) is 4.79 Å². The molecule has 1 fully saturated rings. The molecule has 1 saturated heterocycles. The van der Waals surface area contributed by atoms with Gasteiger partial charge in [-0.3, -0.25) is 9.69 Å². The highest BCUT2D eigenvalue weighted by Crippen LogP contribution is 2.23. The van der Waals surface area contributed by atoms with Crippen LogP contribution >= 0.6 is 0 Å². The Bertz CT molecular complexity index is 1110. The van der Waals surface area contributed by atoms with Gasteiger partial charge >= 0.3 is 5.97 Å². The van der Waals surface area contributed by atoms with Gasteiger partial charge in [-0.2, -0.15) is 4.98 Å². The highest BCUT2D eigenvalue weighted by atomic mass is 16.5. The van der Waals surface area contributed by atoms with Crippen molar-refractivity contribution < 1.29 is 18.8 Å². The van der Waals surface area contributed by atoms with Crippen LogP contribution < -0.4 is 5.32 Å². The normalized spacial score (nSPS) is 16.4. The van der Waals surface area contributed by atoms with Gasteiger partial charge < -0.3 is 14.6 Å². The van der Waals surface area contributed by atoms with E-state index in [0.717, 1.165) is 30.5 Å². The fourth-order valence-electron chi connectivity index (χ4n) is 3.96. The van der Waals surface area contributed by atoms with Crippen molar-refractivity contribution >= 4 is 17.6 Å². The average molecular weight is 449 g/mol. The van der Waals surface area contributed by atoms with E-state index in [0.29, 0.717) is 42.7 Å². The first-order chi connectivity index (χ1) is 16.0. The third-order valence-electron chi connectivity index (χ3n) is 5.74. The molecule has 0 bridgehead atoms. The molecule has 1 N–H and O–H groups in total. The molecule has 1 aromatic heterocycles. The molecule has 4 rings (SSSR count). The van der Waals surface area contributed by atoms with E-state index in [2.05, 4.69) is 20.4 Å². The van der Waals surface area contributed by atoms with Gasteiger partial charge in [0.25, 0.3) is 0 Å². The summed E-state index contributed by atoms with van der Waals surface area (Å²) in [6, 6.07) is 14.9. The number of benzene rings is 2. The Morgan fingerprint density at radius 1 is 1.21 bits per heavy atom. The lowest BCUT2D eigenvalue weighted by Crippen LogP contribution is -2.40.